The van der Waals surface area contributed by atoms with Crippen molar-refractivity contribution >= 4 is 19.8 Å². The van der Waals surface area contributed by atoms with E-state index in [-0.39, 0.29) is 32.6 Å². The summed E-state index contributed by atoms with van der Waals surface area (Å²) in [6.07, 6.45) is 55.4. The Bertz CT molecular complexity index is 1290. The first-order valence-corrected chi connectivity index (χ1v) is 22.9. The van der Waals surface area contributed by atoms with Gasteiger partial charge in [-0.1, -0.05) is 142 Å². The molecule has 0 spiro atoms. The third kappa shape index (κ3) is 42.1. The van der Waals surface area contributed by atoms with Gasteiger partial charge in [-0.15, -0.1) is 0 Å². The fourth-order valence-corrected chi connectivity index (χ4v) is 5.83. The lowest BCUT2D eigenvalue weighted by Crippen LogP contribution is -2.29. The number of phosphoric acid groups is 1. The molecule has 0 saturated heterocycles. The summed E-state index contributed by atoms with van der Waals surface area (Å²) in [4.78, 5) is 34.9. The number of ether oxygens (including phenoxy) is 2. The molecule has 0 bridgehead atoms. The number of carbonyl (C=O) groups excluding carboxylic acids is 2. The van der Waals surface area contributed by atoms with Gasteiger partial charge in [-0.2, -0.15) is 0 Å². The van der Waals surface area contributed by atoms with E-state index in [0.717, 1.165) is 103 Å². The Balaban J connectivity index is 4.30. The largest absolute Gasteiger partial charge is 0.472 e. The summed E-state index contributed by atoms with van der Waals surface area (Å²) in [5.41, 5.74) is 5.34. The van der Waals surface area contributed by atoms with Gasteiger partial charge in [-0.3, -0.25) is 18.6 Å². The van der Waals surface area contributed by atoms with Crippen LogP contribution in [0.1, 0.15) is 142 Å². The lowest BCUT2D eigenvalue weighted by Gasteiger charge is -2.19. The topological polar surface area (TPSA) is 134 Å². The molecule has 0 aromatic carbocycles. The highest BCUT2D eigenvalue weighted by Gasteiger charge is 2.25. The van der Waals surface area contributed by atoms with E-state index in [1.54, 1.807) is 0 Å². The van der Waals surface area contributed by atoms with Crippen LogP contribution in [0.25, 0.3) is 0 Å². The van der Waals surface area contributed by atoms with Crippen LogP contribution in [0.15, 0.2) is 109 Å². The summed E-state index contributed by atoms with van der Waals surface area (Å²) in [5, 5.41) is 0. The smallest absolute Gasteiger partial charge is 0.462 e. The fraction of sp³-hybridized carbons (Fsp3) is 0.574. The second-order valence-corrected chi connectivity index (χ2v) is 14.9. The fourth-order valence-electron chi connectivity index (χ4n) is 5.06. The molecule has 0 heterocycles. The van der Waals surface area contributed by atoms with Crippen molar-refractivity contribution in [3.63, 3.8) is 0 Å². The lowest BCUT2D eigenvalue weighted by atomic mass is 10.1. The maximum Gasteiger partial charge on any atom is 0.472 e. The summed E-state index contributed by atoms with van der Waals surface area (Å²) in [7, 11) is -4.40. The quantitative estimate of drug-likeness (QED) is 0.0270. The Morgan fingerprint density at radius 2 is 0.912 bits per heavy atom. The van der Waals surface area contributed by atoms with E-state index < -0.39 is 32.5 Å². The Labute approximate surface area is 346 Å². The first kappa shape index (κ1) is 53.7. The molecular formula is C47H76NO8P. The number of phosphoric ester groups is 1. The third-order valence-corrected chi connectivity index (χ3v) is 9.14. The number of unbranched alkanes of at least 4 members (excludes halogenated alkanes) is 7. The maximum absolute atomic E-state index is 12.6. The van der Waals surface area contributed by atoms with Crippen LogP contribution in [-0.4, -0.2) is 49.3 Å². The monoisotopic (exact) mass is 814 g/mol. The zero-order valence-corrected chi connectivity index (χ0v) is 36.2. The molecule has 322 valence electrons. The maximum atomic E-state index is 12.6. The molecule has 0 aliphatic carbocycles. The van der Waals surface area contributed by atoms with Crippen LogP contribution in [-0.2, 0) is 32.7 Å². The van der Waals surface area contributed by atoms with Crippen LogP contribution in [0, 0.1) is 0 Å². The van der Waals surface area contributed by atoms with Crippen LogP contribution >= 0.6 is 7.82 Å². The normalized spacial score (nSPS) is 14.4. The molecule has 0 aliphatic heterocycles. The zero-order valence-electron chi connectivity index (χ0n) is 35.3. The molecule has 1 unspecified atom stereocenters. The summed E-state index contributed by atoms with van der Waals surface area (Å²) >= 11 is 0. The van der Waals surface area contributed by atoms with E-state index in [9.17, 15) is 19.0 Å². The molecule has 0 aromatic rings. The van der Waals surface area contributed by atoms with Crippen molar-refractivity contribution in [2.45, 2.75) is 148 Å². The number of hydrogen-bond donors (Lipinski definition) is 2. The molecule has 0 fully saturated rings. The molecule has 3 N–H and O–H groups in total. The number of carbonyl (C=O) groups is 2. The van der Waals surface area contributed by atoms with Crippen LogP contribution in [0.4, 0.5) is 0 Å². The number of nitrogens with two attached hydrogens (primary N) is 1. The van der Waals surface area contributed by atoms with Gasteiger partial charge in [0, 0.05) is 19.4 Å². The average Bonchev–Trinajstić information content (AvgIpc) is 3.20. The molecular weight excluding hydrogens is 737 g/mol. The van der Waals surface area contributed by atoms with Gasteiger partial charge in [0.1, 0.15) is 6.61 Å². The average molecular weight is 814 g/mol. The predicted molar refractivity (Wildman–Crippen MR) is 238 cm³/mol. The van der Waals surface area contributed by atoms with Crippen molar-refractivity contribution in [1.82, 2.24) is 0 Å². The van der Waals surface area contributed by atoms with Gasteiger partial charge in [0.2, 0.25) is 0 Å². The van der Waals surface area contributed by atoms with E-state index in [1.165, 1.54) is 0 Å². The third-order valence-electron chi connectivity index (χ3n) is 8.15. The minimum atomic E-state index is -4.40. The van der Waals surface area contributed by atoms with E-state index in [4.69, 9.17) is 24.3 Å². The van der Waals surface area contributed by atoms with Crippen molar-refractivity contribution in [2.24, 2.45) is 5.73 Å². The predicted octanol–water partition coefficient (Wildman–Crippen LogP) is 12.4. The molecule has 0 aromatic heterocycles. The van der Waals surface area contributed by atoms with Crippen molar-refractivity contribution in [1.29, 1.82) is 0 Å². The van der Waals surface area contributed by atoms with Crippen molar-refractivity contribution in [3.8, 4) is 0 Å². The number of allylic oxidation sites excluding steroid dienone is 18. The highest BCUT2D eigenvalue weighted by atomic mass is 31.2. The van der Waals surface area contributed by atoms with E-state index in [0.29, 0.717) is 12.8 Å². The van der Waals surface area contributed by atoms with Gasteiger partial charge < -0.3 is 20.1 Å². The standard InChI is InChI=1S/C47H76NO8P/c1-3-5-7-9-11-13-15-17-19-21-22-24-25-27-29-31-33-35-37-39-46(49)53-43-45(44-55-57(51,52)54-42-41-48)56-47(50)40-38-36-34-32-30-28-26-23-20-18-16-14-12-10-8-6-4-2/h5-8,11-14,17-20,22,24,26-29,45H,3-4,9-10,15-16,21,23,25,30-44,48H2,1-2H3,(H,51,52)/b7-5-,8-6-,13-11-,14-12-,19-17-,20-18-,24-22-,28-26-,29-27-/t45-/m1/s1. The van der Waals surface area contributed by atoms with Crippen molar-refractivity contribution in [3.05, 3.63) is 109 Å². The zero-order chi connectivity index (χ0) is 41.8. The molecule has 57 heavy (non-hydrogen) atoms. The minimum Gasteiger partial charge on any atom is -0.462 e. The van der Waals surface area contributed by atoms with E-state index in [1.807, 2.05) is 0 Å². The Kier molecular flexibility index (Phi) is 39.8. The highest BCUT2D eigenvalue weighted by Crippen LogP contribution is 2.43. The van der Waals surface area contributed by atoms with Crippen LogP contribution in [0.2, 0.25) is 0 Å². The van der Waals surface area contributed by atoms with Gasteiger partial charge in [0.25, 0.3) is 0 Å². The Morgan fingerprint density at radius 1 is 0.526 bits per heavy atom. The number of rotatable bonds is 38. The highest BCUT2D eigenvalue weighted by molar-refractivity contribution is 7.47. The van der Waals surface area contributed by atoms with Gasteiger partial charge >= 0.3 is 19.8 Å². The lowest BCUT2D eigenvalue weighted by molar-refractivity contribution is -0.161. The molecule has 0 saturated carbocycles. The molecule has 0 amide bonds. The van der Waals surface area contributed by atoms with Gasteiger partial charge in [0.15, 0.2) is 6.10 Å². The first-order chi connectivity index (χ1) is 27.8. The molecule has 10 heteroatoms. The van der Waals surface area contributed by atoms with E-state index >= 15 is 0 Å². The molecule has 0 aliphatic rings. The number of hydrogen-bond acceptors (Lipinski definition) is 8. The van der Waals surface area contributed by atoms with Gasteiger partial charge in [0.05, 0.1) is 13.2 Å². The molecule has 9 nitrogen and oxygen atoms in total. The molecule has 2 atom stereocenters. The summed E-state index contributed by atoms with van der Waals surface area (Å²) < 4.78 is 32.7. The van der Waals surface area contributed by atoms with E-state index in [2.05, 4.69) is 123 Å². The molecule has 0 radical (unpaired) electrons. The second kappa shape index (κ2) is 42.3. The minimum absolute atomic E-state index is 0.0374. The van der Waals surface area contributed by atoms with Crippen LogP contribution in [0.5, 0.6) is 0 Å². The van der Waals surface area contributed by atoms with Crippen molar-refractivity contribution in [2.75, 3.05) is 26.4 Å². The van der Waals surface area contributed by atoms with Gasteiger partial charge in [-0.25, -0.2) is 4.57 Å². The summed E-state index contributed by atoms with van der Waals surface area (Å²) in [5.74, 6) is -0.907. The second-order valence-electron chi connectivity index (χ2n) is 13.4. The number of esters is 2. The first-order valence-electron chi connectivity index (χ1n) is 21.4. The van der Waals surface area contributed by atoms with Crippen LogP contribution < -0.4 is 5.73 Å². The Morgan fingerprint density at radius 3 is 1.35 bits per heavy atom. The molecule has 0 rings (SSSR count). The Hall–Kier alpha value is -3.33. The van der Waals surface area contributed by atoms with Crippen LogP contribution in [0.3, 0.4) is 0 Å². The van der Waals surface area contributed by atoms with Gasteiger partial charge in [-0.05, 0) is 96.3 Å². The summed E-state index contributed by atoms with van der Waals surface area (Å²) in [6.45, 7) is 3.40. The summed E-state index contributed by atoms with van der Waals surface area (Å²) in [6, 6.07) is 0. The SMILES string of the molecule is CC/C=C\C/C=C\C/C=C\C/C=C\C/C=C\CCCCCC(=O)OC[C@H](COP(=O)(O)OCCN)OC(=O)CCCCCC/C=C\C/C=C\C/C=C\C/C=C\CC. The van der Waals surface area contributed by atoms with Crippen molar-refractivity contribution < 1.29 is 37.6 Å².